The highest BCUT2D eigenvalue weighted by atomic mass is 15.3. The van der Waals surface area contributed by atoms with Gasteiger partial charge in [0, 0.05) is 48.8 Å². The van der Waals surface area contributed by atoms with Gasteiger partial charge in [0.2, 0.25) is 11.9 Å². The molecule has 0 saturated heterocycles. The van der Waals surface area contributed by atoms with E-state index in [0.29, 0.717) is 5.56 Å². The van der Waals surface area contributed by atoms with Gasteiger partial charge in [0.1, 0.15) is 0 Å². The molecule has 326 valence electrons. The number of rotatable bonds is 6. The van der Waals surface area contributed by atoms with Crippen molar-refractivity contribution in [3.8, 4) is 45.8 Å². The van der Waals surface area contributed by atoms with Crippen molar-refractivity contribution in [2.75, 3.05) is 0 Å². The fourth-order valence-electron chi connectivity index (χ4n) is 10.8. The molecule has 0 fully saturated rings. The third-order valence-electron chi connectivity index (χ3n) is 13.7. The zero-order chi connectivity index (χ0) is 52.8. The van der Waals surface area contributed by atoms with Crippen LogP contribution in [-0.2, 0) is 0 Å². The molecule has 0 aliphatic carbocycles. The average molecular weight is 902 g/mol. The lowest BCUT2D eigenvalue weighted by atomic mass is 9.96. The van der Waals surface area contributed by atoms with Crippen LogP contribution < -0.4 is 0 Å². The Morgan fingerprint density at radius 2 is 0.757 bits per heavy atom. The zero-order valence-corrected chi connectivity index (χ0v) is 37.0. The maximum atomic E-state index is 9.53. The Bertz CT molecular complexity index is 4910. The minimum absolute atomic E-state index is 0.0862. The van der Waals surface area contributed by atoms with Crippen molar-refractivity contribution >= 4 is 87.2 Å². The molecule has 5 aromatic heterocycles. The number of fused-ring (bicyclic) bond motifs is 12. The lowest BCUT2D eigenvalue weighted by Gasteiger charge is -2.19. The first-order valence-electron chi connectivity index (χ1n) is 27.1. The summed E-state index contributed by atoms with van der Waals surface area (Å²) in [6.45, 7) is 0. The smallest absolute Gasteiger partial charge is 0.240 e. The molecule has 0 atom stereocenters. The van der Waals surface area contributed by atoms with Crippen molar-refractivity contribution in [2.45, 2.75) is 0 Å². The third-order valence-corrected chi connectivity index (χ3v) is 13.7. The fraction of sp³-hybridized carbons (Fsp3) is 0. The Kier molecular flexibility index (Phi) is 6.71. The molecule has 0 amide bonds. The van der Waals surface area contributed by atoms with Crippen molar-refractivity contribution in [3.05, 3.63) is 236 Å². The molecule has 0 spiro atoms. The van der Waals surface area contributed by atoms with Crippen molar-refractivity contribution in [2.24, 2.45) is 0 Å². The van der Waals surface area contributed by atoms with E-state index in [0.717, 1.165) is 87.9 Å². The molecular weight excluding hydrogens is 855 g/mol. The van der Waals surface area contributed by atoms with E-state index in [1.807, 2.05) is 108 Å². The first-order chi connectivity index (χ1) is 38.1. The molecule has 0 saturated carbocycles. The van der Waals surface area contributed by atoms with Crippen LogP contribution in [0, 0.1) is 0 Å². The largest absolute Gasteiger partial charge is 0.309 e. The molecule has 0 N–H and O–H groups in total. The van der Waals surface area contributed by atoms with Gasteiger partial charge < -0.3 is 9.13 Å². The Morgan fingerprint density at radius 1 is 0.314 bits per heavy atom. The summed E-state index contributed by atoms with van der Waals surface area (Å²) >= 11 is 0. The molecule has 7 heteroatoms. The van der Waals surface area contributed by atoms with Crippen LogP contribution in [0.2, 0.25) is 0 Å². The van der Waals surface area contributed by atoms with Crippen molar-refractivity contribution in [1.82, 2.24) is 33.2 Å². The standard InChI is InChI=1S/C63H39N7/c1-2-19-41(20-3-1)67-51-29-11-4-27-49(51)50-38-37-40(39-59(50)67)42-28-18-36-58(68-52-30-12-5-21-43(52)44-22-6-13-31-53(44)68)60(42)61-64-62(69-54-32-14-7-23-45(54)46-24-8-15-33-55(46)69)66-63(65-61)70-56-34-16-9-25-47(56)48-26-10-17-35-57(48)70/h1-39H/i7D,8D,14D,15D,23D,24D,32D,33D. The lowest BCUT2D eigenvalue weighted by molar-refractivity contribution is 0.892. The molecule has 0 unspecified atom stereocenters. The van der Waals surface area contributed by atoms with Gasteiger partial charge in [-0.3, -0.25) is 9.13 Å². The van der Waals surface area contributed by atoms with Gasteiger partial charge in [0.25, 0.3) is 0 Å². The van der Waals surface area contributed by atoms with E-state index in [1.165, 1.54) is 4.57 Å². The van der Waals surface area contributed by atoms with E-state index in [-0.39, 0.29) is 39.5 Å². The van der Waals surface area contributed by atoms with Crippen LogP contribution in [-0.4, -0.2) is 33.2 Å². The monoisotopic (exact) mass is 901 g/mol. The van der Waals surface area contributed by atoms with Crippen molar-refractivity contribution in [3.63, 3.8) is 0 Å². The summed E-state index contributed by atoms with van der Waals surface area (Å²) in [5.41, 5.74) is 9.17. The summed E-state index contributed by atoms with van der Waals surface area (Å²) < 4.78 is 81.1. The summed E-state index contributed by atoms with van der Waals surface area (Å²) in [5.74, 6) is 0.214. The van der Waals surface area contributed by atoms with Crippen molar-refractivity contribution < 1.29 is 11.0 Å². The van der Waals surface area contributed by atoms with E-state index < -0.39 is 48.3 Å². The van der Waals surface area contributed by atoms with Crippen LogP contribution in [0.15, 0.2) is 236 Å². The zero-order valence-electron chi connectivity index (χ0n) is 45.0. The van der Waals surface area contributed by atoms with E-state index in [1.54, 1.807) is 0 Å². The Hall–Kier alpha value is -9.59. The number of hydrogen-bond donors (Lipinski definition) is 0. The maximum Gasteiger partial charge on any atom is 0.240 e. The topological polar surface area (TPSA) is 58.4 Å². The molecule has 70 heavy (non-hydrogen) atoms. The average Bonchev–Trinajstić information content (AvgIpc) is 4.07. The second kappa shape index (κ2) is 15.0. The number of benzene rings is 10. The number of hydrogen-bond acceptors (Lipinski definition) is 3. The highest BCUT2D eigenvalue weighted by Gasteiger charge is 2.26. The Morgan fingerprint density at radius 3 is 1.30 bits per heavy atom. The first-order valence-corrected chi connectivity index (χ1v) is 23.1. The molecule has 0 aliphatic heterocycles. The van der Waals surface area contributed by atoms with Crippen LogP contribution in [0.5, 0.6) is 0 Å². The van der Waals surface area contributed by atoms with Crippen molar-refractivity contribution in [1.29, 1.82) is 0 Å². The SMILES string of the molecule is [2H]c1c([2H])c([2H])c2c(c1[2H])c1c([2H])c([2H])c([2H])c([2H])c1n2-c1nc(-c2c(-c3ccc4c5ccccc5n(-c5ccccc5)c4c3)cccc2-n2c3ccccc3c3ccccc32)nc(-n2c3ccccc3c3ccccc32)n1. The summed E-state index contributed by atoms with van der Waals surface area (Å²) in [7, 11) is 0. The fourth-order valence-corrected chi connectivity index (χ4v) is 10.8. The van der Waals surface area contributed by atoms with Gasteiger partial charge in [-0.15, -0.1) is 0 Å². The van der Waals surface area contributed by atoms with E-state index >= 15 is 0 Å². The highest BCUT2D eigenvalue weighted by molar-refractivity contribution is 6.13. The number of para-hydroxylation sites is 8. The molecule has 7 nitrogen and oxygen atoms in total. The highest BCUT2D eigenvalue weighted by Crippen LogP contribution is 2.43. The minimum atomic E-state index is -0.550. The number of nitrogens with zero attached hydrogens (tertiary/aromatic N) is 7. The van der Waals surface area contributed by atoms with Gasteiger partial charge in [-0.25, -0.2) is 0 Å². The van der Waals surface area contributed by atoms with E-state index in [2.05, 4.69) is 94.1 Å². The van der Waals surface area contributed by atoms with Gasteiger partial charge in [0.15, 0.2) is 5.82 Å². The molecule has 5 heterocycles. The van der Waals surface area contributed by atoms with Crippen LogP contribution >= 0.6 is 0 Å². The first kappa shape index (κ1) is 31.4. The second-order valence-corrected chi connectivity index (χ2v) is 17.4. The van der Waals surface area contributed by atoms with Crippen LogP contribution in [0.4, 0.5) is 0 Å². The quantitative estimate of drug-likeness (QED) is 0.167. The van der Waals surface area contributed by atoms with Crippen LogP contribution in [0.1, 0.15) is 11.0 Å². The maximum absolute atomic E-state index is 9.53. The minimum Gasteiger partial charge on any atom is -0.309 e. The Balaban J connectivity index is 1.14. The van der Waals surface area contributed by atoms with E-state index in [4.69, 9.17) is 20.4 Å². The van der Waals surface area contributed by atoms with Gasteiger partial charge in [-0.05, 0) is 77.8 Å². The molecule has 15 rings (SSSR count). The third kappa shape index (κ3) is 5.54. The van der Waals surface area contributed by atoms with Gasteiger partial charge in [-0.1, -0.05) is 170 Å². The second-order valence-electron chi connectivity index (χ2n) is 17.4. The molecular formula is C63H39N7. The number of aromatic nitrogens is 7. The molecule has 0 bridgehead atoms. The Labute approximate surface area is 412 Å². The predicted molar refractivity (Wildman–Crippen MR) is 288 cm³/mol. The van der Waals surface area contributed by atoms with Gasteiger partial charge >= 0.3 is 0 Å². The molecule has 15 aromatic rings. The van der Waals surface area contributed by atoms with Gasteiger partial charge in [0.05, 0.1) is 66.4 Å². The normalized spacial score (nSPS) is 13.6. The molecule has 10 aromatic carbocycles. The molecule has 0 aliphatic rings. The lowest BCUT2D eigenvalue weighted by Crippen LogP contribution is -2.11. The summed E-state index contributed by atoms with van der Waals surface area (Å²) in [6, 6.07) is 59.7. The summed E-state index contributed by atoms with van der Waals surface area (Å²) in [6.07, 6.45) is 0. The van der Waals surface area contributed by atoms with Crippen LogP contribution in [0.3, 0.4) is 0 Å². The summed E-state index contributed by atoms with van der Waals surface area (Å²) in [4.78, 5) is 16.3. The van der Waals surface area contributed by atoms with E-state index in [9.17, 15) is 5.48 Å². The molecule has 0 radical (unpaired) electrons. The summed E-state index contributed by atoms with van der Waals surface area (Å²) in [5, 5.41) is 5.93. The predicted octanol–water partition coefficient (Wildman–Crippen LogP) is 15.6. The van der Waals surface area contributed by atoms with Gasteiger partial charge in [-0.2, -0.15) is 15.0 Å². The van der Waals surface area contributed by atoms with Crippen LogP contribution in [0.25, 0.3) is 133 Å².